The summed E-state index contributed by atoms with van der Waals surface area (Å²) in [6.45, 7) is 10.5. The van der Waals surface area contributed by atoms with Crippen molar-refractivity contribution < 1.29 is 104 Å². The van der Waals surface area contributed by atoms with Crippen molar-refractivity contribution in [2.24, 2.45) is 11.8 Å². The quantitative estimate of drug-likeness (QED) is 0.119. The van der Waals surface area contributed by atoms with Crippen molar-refractivity contribution >= 4 is 72.1 Å². The van der Waals surface area contributed by atoms with Crippen LogP contribution in [0.5, 0.6) is 0 Å². The van der Waals surface area contributed by atoms with Crippen LogP contribution in [0.2, 0.25) is 0 Å². The molecule has 0 bridgehead atoms. The summed E-state index contributed by atoms with van der Waals surface area (Å²) < 4.78 is 50.4. The molecule has 0 N–H and O–H groups in total. The van der Waals surface area contributed by atoms with Crippen LogP contribution >= 0.6 is 0 Å². The molecule has 0 spiro atoms. The van der Waals surface area contributed by atoms with Gasteiger partial charge in [0.15, 0.2) is 28.7 Å². The largest absolute Gasteiger partial charge is 0.445 e. The third-order valence-electron chi connectivity index (χ3n) is 16.1. The van der Waals surface area contributed by atoms with Crippen LogP contribution in [0.25, 0.3) is 0 Å². The van der Waals surface area contributed by atoms with Crippen LogP contribution in [0.1, 0.15) is 153 Å². The SMILES string of the molecule is CCC1(F)CCCCN(C(=O)OCc2ccccc2)CC1=O.CCC1(F)CN(C(=O)OCc2ccccc2)CCCCC1=O.CCC1CCCCN(C(=O)OCc2ccccc2)CC1=O.CCC1CN(C(=O)OCc2ccccc2)CCCCC1=O.O=C=O.O=C=O.O=C=O.O=C=O. The molecule has 4 aliphatic heterocycles. The summed E-state index contributed by atoms with van der Waals surface area (Å²) in [5.41, 5.74) is -0.0786. The van der Waals surface area contributed by atoms with Gasteiger partial charge in [0.05, 0.1) is 19.6 Å². The molecule has 0 aromatic heterocycles. The van der Waals surface area contributed by atoms with E-state index in [0.717, 1.165) is 67.2 Å². The monoisotopic (exact) mass is 1370 g/mol. The highest BCUT2D eigenvalue weighted by Crippen LogP contribution is 2.29. The molecule has 8 rings (SSSR count). The molecule has 4 aromatic rings. The molecule has 4 aliphatic rings. The number of hydrogen-bond donors (Lipinski definition) is 0. The van der Waals surface area contributed by atoms with Gasteiger partial charge >= 0.3 is 49.0 Å². The summed E-state index contributed by atoms with van der Waals surface area (Å²) in [6.07, 6.45) is 9.34. The third kappa shape index (κ3) is 34.6. The van der Waals surface area contributed by atoms with Crippen LogP contribution < -0.4 is 0 Å². The Hall–Kier alpha value is -9.98. The fourth-order valence-electron chi connectivity index (χ4n) is 10.4. The van der Waals surface area contributed by atoms with Crippen LogP contribution in [0, 0.1) is 11.8 Å². The Labute approximate surface area is 570 Å². The topological polar surface area (TPSA) is 323 Å². The molecule has 4 saturated heterocycles. The predicted molar refractivity (Wildman–Crippen MR) is 344 cm³/mol. The maximum Gasteiger partial charge on any atom is 0.410 e. The number of ether oxygens (including phenoxy) is 4. The fourth-order valence-corrected chi connectivity index (χ4v) is 10.4. The fraction of sp³-hybridized carbons (Fsp3) is 0.500. The van der Waals surface area contributed by atoms with Crippen molar-refractivity contribution in [3.8, 4) is 0 Å². The first-order chi connectivity index (χ1) is 47.2. The summed E-state index contributed by atoms with van der Waals surface area (Å²) in [6, 6.07) is 37.9. The first kappa shape index (κ1) is 86.0. The van der Waals surface area contributed by atoms with E-state index in [9.17, 15) is 47.1 Å². The number of likely N-dealkylation sites (tertiary alicyclic amines) is 4. The molecule has 532 valence electrons. The van der Waals surface area contributed by atoms with Gasteiger partial charge in [0, 0.05) is 57.4 Å². The van der Waals surface area contributed by atoms with E-state index in [1.54, 1.807) is 23.6 Å². The van der Waals surface area contributed by atoms with Gasteiger partial charge in [-0.1, -0.05) is 155 Å². The molecule has 0 radical (unpaired) electrons. The zero-order chi connectivity index (χ0) is 73.0. The first-order valence-corrected chi connectivity index (χ1v) is 32.5. The third-order valence-corrected chi connectivity index (χ3v) is 16.1. The van der Waals surface area contributed by atoms with Crippen LogP contribution in [0.3, 0.4) is 0 Å². The molecule has 24 nitrogen and oxygen atoms in total. The molecule has 4 aromatic carbocycles. The number of amides is 4. The Morgan fingerprint density at radius 2 is 0.745 bits per heavy atom. The predicted octanol–water partition coefficient (Wildman–Crippen LogP) is 11.5. The number of carbonyl (C=O) groups excluding carboxylic acids is 16. The maximum absolute atomic E-state index is 14.7. The highest BCUT2D eigenvalue weighted by Gasteiger charge is 2.41. The van der Waals surface area contributed by atoms with E-state index < -0.39 is 35.1 Å². The van der Waals surface area contributed by atoms with Gasteiger partial charge in [-0.05, 0) is 106 Å². The maximum atomic E-state index is 14.7. The highest BCUT2D eigenvalue weighted by molar-refractivity contribution is 5.91. The van der Waals surface area contributed by atoms with Crippen LogP contribution in [-0.2, 0) is 103 Å². The van der Waals surface area contributed by atoms with Crippen molar-refractivity contribution in [1.82, 2.24) is 19.6 Å². The van der Waals surface area contributed by atoms with E-state index in [4.69, 9.17) is 57.3 Å². The number of alkyl halides is 2. The molecule has 4 atom stereocenters. The number of carbonyl (C=O) groups is 8. The Balaban J connectivity index is 0.000000618. The Morgan fingerprint density at radius 1 is 0.408 bits per heavy atom. The van der Waals surface area contributed by atoms with Gasteiger partial charge in [0.2, 0.25) is 0 Å². The van der Waals surface area contributed by atoms with Gasteiger partial charge in [0.1, 0.15) is 32.2 Å². The average molecular weight is 1370 g/mol. The number of rotatable bonds is 12. The second-order valence-electron chi connectivity index (χ2n) is 22.7. The van der Waals surface area contributed by atoms with Crippen LogP contribution in [0.4, 0.5) is 28.0 Å². The van der Waals surface area contributed by atoms with Gasteiger partial charge in [-0.15, -0.1) is 0 Å². The molecular formula is C72H90F2N4O20. The van der Waals surface area contributed by atoms with E-state index in [1.807, 2.05) is 135 Å². The minimum atomic E-state index is -1.95. The standard InChI is InChI=1S/2C17H22FNO3.2C17H23NO3.4CO2/c1-2-17(18)10-6-7-11-19(12-15(17)20)16(21)22-13-14-8-4-3-5-9-14;1-2-17(18)13-19(11-7-6-10-15(17)20)16(21)22-12-14-8-4-3-5-9-14;1-2-15-12-18(11-7-6-10-16(15)19)17(20)21-13-14-8-4-3-5-9-14;1-2-15-10-6-7-11-18(12-16(15)19)17(20)21-13-14-8-4-3-5-9-14;4*2-1-3/h2*3-5,8-9H,2,6-7,10-13H2,1H3;2*3-5,8-9,15H,2,6-7,10-13H2,1H3;;;;. The lowest BCUT2D eigenvalue weighted by atomic mass is 9.89. The van der Waals surface area contributed by atoms with Crippen molar-refractivity contribution in [2.45, 2.75) is 168 Å². The van der Waals surface area contributed by atoms with Gasteiger partial charge < -0.3 is 38.5 Å². The van der Waals surface area contributed by atoms with Crippen molar-refractivity contribution in [3.05, 3.63) is 144 Å². The molecule has 0 saturated carbocycles. The molecule has 98 heavy (non-hydrogen) atoms. The van der Waals surface area contributed by atoms with Crippen LogP contribution in [0.15, 0.2) is 121 Å². The van der Waals surface area contributed by atoms with Crippen molar-refractivity contribution in [1.29, 1.82) is 0 Å². The summed E-state index contributed by atoms with van der Waals surface area (Å²) in [4.78, 5) is 168. The molecule has 4 amide bonds. The highest BCUT2D eigenvalue weighted by atomic mass is 19.1. The zero-order valence-corrected chi connectivity index (χ0v) is 56.2. The number of ketones is 4. The minimum absolute atomic E-state index is 0.0467. The molecule has 4 heterocycles. The van der Waals surface area contributed by atoms with E-state index in [1.165, 1.54) is 9.80 Å². The summed E-state index contributed by atoms with van der Waals surface area (Å²) in [5, 5.41) is 0. The second kappa shape index (κ2) is 51.3. The molecule has 4 fully saturated rings. The molecule has 26 heteroatoms. The van der Waals surface area contributed by atoms with Crippen molar-refractivity contribution in [2.75, 3.05) is 52.4 Å². The Bertz CT molecular complexity index is 3090. The number of benzene rings is 4. The lowest BCUT2D eigenvalue weighted by Gasteiger charge is -2.32. The number of Topliss-reactive ketones (excluding diaryl/α,β-unsaturated/α-hetero) is 4. The number of halogens is 2. The summed E-state index contributed by atoms with van der Waals surface area (Å²) in [7, 11) is 0. The van der Waals surface area contributed by atoms with Gasteiger partial charge in [-0.3, -0.25) is 19.2 Å². The lowest BCUT2D eigenvalue weighted by molar-refractivity contribution is -0.193. The summed E-state index contributed by atoms with van der Waals surface area (Å²) in [5.74, 6) is -0.446. The van der Waals surface area contributed by atoms with Gasteiger partial charge in [0.25, 0.3) is 0 Å². The van der Waals surface area contributed by atoms with E-state index in [0.29, 0.717) is 64.8 Å². The van der Waals surface area contributed by atoms with Crippen molar-refractivity contribution in [3.63, 3.8) is 0 Å². The number of nitrogens with zero attached hydrogens (tertiary/aromatic N) is 4. The summed E-state index contributed by atoms with van der Waals surface area (Å²) >= 11 is 0. The normalized spacial score (nSPS) is 19.0. The minimum Gasteiger partial charge on any atom is -0.445 e. The van der Waals surface area contributed by atoms with E-state index in [2.05, 4.69) is 0 Å². The lowest BCUT2D eigenvalue weighted by Crippen LogP contribution is -2.49. The van der Waals surface area contributed by atoms with Gasteiger partial charge in [-0.2, -0.15) is 38.4 Å². The van der Waals surface area contributed by atoms with E-state index >= 15 is 0 Å². The average Bonchev–Trinajstić information content (AvgIpc) is 0.846. The van der Waals surface area contributed by atoms with E-state index in [-0.39, 0.29) is 132 Å². The molecular weight excluding hydrogens is 1280 g/mol. The van der Waals surface area contributed by atoms with Gasteiger partial charge in [-0.25, -0.2) is 28.0 Å². The smallest absolute Gasteiger partial charge is 0.410 e. The zero-order valence-electron chi connectivity index (χ0n) is 56.2. The van der Waals surface area contributed by atoms with Crippen LogP contribution in [-0.4, -0.2) is 155 Å². The molecule has 0 aliphatic carbocycles. The molecule has 4 unspecified atom stereocenters. The number of hydrogen-bond acceptors (Lipinski definition) is 20. The second-order valence-corrected chi connectivity index (χ2v) is 22.7. The Morgan fingerprint density at radius 3 is 1.14 bits per heavy atom. The first-order valence-electron chi connectivity index (χ1n) is 32.5. The Kier molecular flexibility index (Phi) is 45.0.